The minimum atomic E-state index is 0.0577. The first-order chi connectivity index (χ1) is 14.2. The molecule has 152 valence electrons. The maximum absolute atomic E-state index is 12.4. The van der Waals surface area contributed by atoms with Crippen molar-refractivity contribution < 1.29 is 9.32 Å². The van der Waals surface area contributed by atoms with Crippen LogP contribution in [0.3, 0.4) is 0 Å². The average Bonchev–Trinajstić information content (AvgIpc) is 3.48. The van der Waals surface area contributed by atoms with Crippen molar-refractivity contribution in [3.8, 4) is 10.7 Å². The molecule has 0 radical (unpaired) electrons. The Kier molecular flexibility index (Phi) is 6.48. The summed E-state index contributed by atoms with van der Waals surface area (Å²) in [7, 11) is 0. The van der Waals surface area contributed by atoms with Gasteiger partial charge >= 0.3 is 0 Å². The third kappa shape index (κ3) is 5.37. The van der Waals surface area contributed by atoms with Crippen molar-refractivity contribution in [2.75, 3.05) is 32.7 Å². The van der Waals surface area contributed by atoms with Crippen molar-refractivity contribution in [2.24, 2.45) is 0 Å². The van der Waals surface area contributed by atoms with E-state index in [0.29, 0.717) is 11.7 Å². The number of hydrogen-bond donors (Lipinski definition) is 0. The van der Waals surface area contributed by atoms with Gasteiger partial charge in [-0.3, -0.25) is 9.69 Å². The second kappa shape index (κ2) is 9.43. The topological polar surface area (TPSA) is 75.4 Å². The van der Waals surface area contributed by atoms with E-state index in [0.717, 1.165) is 61.1 Å². The van der Waals surface area contributed by atoms with Gasteiger partial charge in [-0.25, -0.2) is 4.98 Å². The molecular weight excluding hydrogens is 406 g/mol. The lowest BCUT2D eigenvalue weighted by molar-refractivity contribution is -0.127. The summed E-state index contributed by atoms with van der Waals surface area (Å²) in [6.45, 7) is 6.21. The van der Waals surface area contributed by atoms with E-state index in [1.54, 1.807) is 34.8 Å². The van der Waals surface area contributed by atoms with E-state index >= 15 is 0 Å². The molecule has 0 aliphatic carbocycles. The smallest absolute Gasteiger partial charge is 0.246 e. The molecule has 4 rings (SSSR count). The van der Waals surface area contributed by atoms with Crippen LogP contribution < -0.4 is 0 Å². The Morgan fingerprint density at radius 1 is 1.24 bits per heavy atom. The molecule has 9 heteroatoms. The number of amides is 1. The maximum Gasteiger partial charge on any atom is 0.246 e. The molecular formula is C20H23N5O2S2. The number of hydrogen-bond acceptors (Lipinski definition) is 8. The summed E-state index contributed by atoms with van der Waals surface area (Å²) >= 11 is 3.20. The second-order valence-electron chi connectivity index (χ2n) is 6.88. The lowest BCUT2D eigenvalue weighted by atomic mass is 10.2. The van der Waals surface area contributed by atoms with E-state index < -0.39 is 0 Å². The van der Waals surface area contributed by atoms with E-state index in [1.165, 1.54) is 0 Å². The molecule has 1 aliphatic rings. The van der Waals surface area contributed by atoms with E-state index in [1.807, 2.05) is 34.7 Å². The number of aromatic nitrogens is 3. The second-order valence-corrected chi connectivity index (χ2v) is 8.89. The third-order valence-corrected chi connectivity index (χ3v) is 6.45. The van der Waals surface area contributed by atoms with Crippen LogP contribution >= 0.6 is 22.7 Å². The molecule has 0 atom stereocenters. The average molecular weight is 430 g/mol. The number of carbonyl (C=O) groups is 1. The van der Waals surface area contributed by atoms with Crippen LogP contribution in [-0.2, 0) is 11.2 Å². The fraction of sp³-hybridized carbons (Fsp3) is 0.400. The SMILES string of the molecule is Cc1nc(C=CC(=O)N2CCN(CCCc3nc(-c4cccs4)no3)CC2)cs1. The molecule has 0 bridgehead atoms. The summed E-state index contributed by atoms with van der Waals surface area (Å²) in [6, 6.07) is 3.98. The van der Waals surface area contributed by atoms with Crippen molar-refractivity contribution in [2.45, 2.75) is 19.8 Å². The van der Waals surface area contributed by atoms with Crippen LogP contribution in [0.2, 0.25) is 0 Å². The van der Waals surface area contributed by atoms with Crippen molar-refractivity contribution in [1.82, 2.24) is 24.9 Å². The quantitative estimate of drug-likeness (QED) is 0.536. The van der Waals surface area contributed by atoms with E-state index in [9.17, 15) is 4.79 Å². The Hall–Kier alpha value is -2.36. The van der Waals surface area contributed by atoms with Gasteiger partial charge in [0, 0.05) is 44.1 Å². The zero-order valence-electron chi connectivity index (χ0n) is 16.3. The highest BCUT2D eigenvalue weighted by atomic mass is 32.1. The zero-order valence-corrected chi connectivity index (χ0v) is 17.9. The molecule has 1 amide bonds. The molecule has 0 spiro atoms. The van der Waals surface area contributed by atoms with Crippen molar-refractivity contribution >= 4 is 34.7 Å². The summed E-state index contributed by atoms with van der Waals surface area (Å²) in [5.74, 6) is 1.41. The van der Waals surface area contributed by atoms with Gasteiger partial charge in [0.05, 0.1) is 15.6 Å². The normalized spacial score (nSPS) is 15.4. The molecule has 0 aromatic carbocycles. The zero-order chi connectivity index (χ0) is 20.1. The molecule has 1 saturated heterocycles. The van der Waals surface area contributed by atoms with Crippen molar-refractivity contribution in [3.05, 3.63) is 45.6 Å². The standard InChI is InChI=1S/C20H23N5O2S2/c1-15-21-16(14-29-15)6-7-19(26)25-11-9-24(10-12-25)8-2-5-18-22-20(23-27-18)17-4-3-13-28-17/h3-4,6-7,13-14H,2,5,8-12H2,1H3. The van der Waals surface area contributed by atoms with Crippen LogP contribution in [0.1, 0.15) is 23.0 Å². The predicted octanol–water partition coefficient (Wildman–Crippen LogP) is 3.35. The highest BCUT2D eigenvalue weighted by molar-refractivity contribution is 7.13. The van der Waals surface area contributed by atoms with E-state index in [-0.39, 0.29) is 5.91 Å². The Balaban J connectivity index is 1.17. The van der Waals surface area contributed by atoms with Gasteiger partial charge in [0.2, 0.25) is 17.6 Å². The predicted molar refractivity (Wildman–Crippen MR) is 115 cm³/mol. The number of thiophene rings is 1. The van der Waals surface area contributed by atoms with Gasteiger partial charge in [-0.1, -0.05) is 11.2 Å². The van der Waals surface area contributed by atoms with Gasteiger partial charge in [0.1, 0.15) is 0 Å². The third-order valence-electron chi connectivity index (χ3n) is 4.79. The van der Waals surface area contributed by atoms with Crippen LogP contribution in [0.15, 0.2) is 33.5 Å². The maximum atomic E-state index is 12.4. The largest absolute Gasteiger partial charge is 0.339 e. The van der Waals surface area contributed by atoms with Gasteiger partial charge in [-0.15, -0.1) is 22.7 Å². The molecule has 4 heterocycles. The number of aryl methyl sites for hydroxylation is 2. The summed E-state index contributed by atoms with van der Waals surface area (Å²) in [5, 5.41) is 9.03. The molecule has 3 aromatic rings. The van der Waals surface area contributed by atoms with Crippen molar-refractivity contribution in [3.63, 3.8) is 0 Å². The van der Waals surface area contributed by atoms with Crippen LogP contribution in [0.4, 0.5) is 0 Å². The first-order valence-electron chi connectivity index (χ1n) is 9.65. The fourth-order valence-electron chi connectivity index (χ4n) is 3.23. The lowest BCUT2D eigenvalue weighted by Crippen LogP contribution is -2.48. The van der Waals surface area contributed by atoms with Gasteiger partial charge < -0.3 is 9.42 Å². The van der Waals surface area contributed by atoms with Crippen molar-refractivity contribution in [1.29, 1.82) is 0 Å². The lowest BCUT2D eigenvalue weighted by Gasteiger charge is -2.34. The first kappa shape index (κ1) is 19.9. The van der Waals surface area contributed by atoms with Gasteiger partial charge in [0.15, 0.2) is 0 Å². The van der Waals surface area contributed by atoms with E-state index in [4.69, 9.17) is 4.52 Å². The molecule has 0 saturated carbocycles. The van der Waals surface area contributed by atoms with Crippen LogP contribution in [-0.4, -0.2) is 63.6 Å². The van der Waals surface area contributed by atoms with Gasteiger partial charge in [0.25, 0.3) is 0 Å². The number of rotatable bonds is 7. The summed E-state index contributed by atoms with van der Waals surface area (Å²) in [4.78, 5) is 26.5. The highest BCUT2D eigenvalue weighted by Crippen LogP contribution is 2.21. The Morgan fingerprint density at radius 3 is 2.83 bits per heavy atom. The van der Waals surface area contributed by atoms with Crippen LogP contribution in [0, 0.1) is 6.92 Å². The summed E-state index contributed by atoms with van der Waals surface area (Å²) in [5.41, 5.74) is 0.850. The molecule has 3 aromatic heterocycles. The van der Waals surface area contributed by atoms with E-state index in [2.05, 4.69) is 20.0 Å². The first-order valence-corrected chi connectivity index (χ1v) is 11.4. The highest BCUT2D eigenvalue weighted by Gasteiger charge is 2.19. The van der Waals surface area contributed by atoms with Gasteiger partial charge in [-0.2, -0.15) is 4.98 Å². The number of carbonyl (C=O) groups excluding carboxylic acids is 1. The molecule has 0 unspecified atom stereocenters. The Bertz CT molecular complexity index is 955. The fourth-order valence-corrected chi connectivity index (χ4v) is 4.46. The monoisotopic (exact) mass is 429 g/mol. The Labute approximate surface area is 177 Å². The molecule has 1 aliphatic heterocycles. The summed E-state index contributed by atoms with van der Waals surface area (Å²) in [6.07, 6.45) is 5.16. The minimum Gasteiger partial charge on any atom is -0.339 e. The molecule has 7 nitrogen and oxygen atoms in total. The van der Waals surface area contributed by atoms with Gasteiger partial charge in [-0.05, 0) is 37.4 Å². The molecule has 0 N–H and O–H groups in total. The number of piperazine rings is 1. The number of thiazole rings is 1. The minimum absolute atomic E-state index is 0.0577. The van der Waals surface area contributed by atoms with Crippen LogP contribution in [0.5, 0.6) is 0 Å². The Morgan fingerprint density at radius 2 is 2.10 bits per heavy atom. The number of nitrogens with zero attached hydrogens (tertiary/aromatic N) is 5. The van der Waals surface area contributed by atoms with Crippen LogP contribution in [0.25, 0.3) is 16.8 Å². The molecule has 1 fully saturated rings. The molecule has 29 heavy (non-hydrogen) atoms. The summed E-state index contributed by atoms with van der Waals surface area (Å²) < 4.78 is 5.35.